The van der Waals surface area contributed by atoms with Gasteiger partial charge in [-0.1, -0.05) is 53.2 Å². The number of amides is 3. The lowest BCUT2D eigenvalue weighted by Crippen LogP contribution is -2.33. The molecule has 0 radical (unpaired) electrons. The summed E-state index contributed by atoms with van der Waals surface area (Å²) in [5, 5.41) is 2.61. The molecule has 1 N–H and O–H groups in total. The van der Waals surface area contributed by atoms with E-state index in [1.165, 1.54) is 4.90 Å². The second-order valence-corrected chi connectivity index (χ2v) is 8.95. The van der Waals surface area contributed by atoms with E-state index in [2.05, 4.69) is 21.2 Å². The number of benzene rings is 2. The molecule has 0 saturated carbocycles. The number of rotatable bonds is 4. The van der Waals surface area contributed by atoms with E-state index < -0.39 is 17.6 Å². The molecule has 0 aromatic heterocycles. The minimum Gasteiger partial charge on any atom is -0.444 e. The number of hydrogen-bond acceptors (Lipinski definition) is 4. The maximum atomic E-state index is 13.1. The van der Waals surface area contributed by atoms with Crippen molar-refractivity contribution < 1.29 is 19.1 Å². The molecule has 0 saturated heterocycles. The quantitative estimate of drug-likeness (QED) is 0.639. The van der Waals surface area contributed by atoms with Gasteiger partial charge in [-0.05, 0) is 44.4 Å². The second kappa shape index (κ2) is 7.99. The van der Waals surface area contributed by atoms with Gasteiger partial charge in [0.1, 0.15) is 5.60 Å². The van der Waals surface area contributed by atoms with Crippen molar-refractivity contribution in [1.82, 2.24) is 4.90 Å². The first-order valence-electron chi connectivity index (χ1n) is 9.31. The Bertz CT molecular complexity index is 967. The number of anilines is 1. The van der Waals surface area contributed by atoms with Crippen molar-refractivity contribution in [1.29, 1.82) is 0 Å². The largest absolute Gasteiger partial charge is 0.444 e. The van der Waals surface area contributed by atoms with Crippen molar-refractivity contribution in [2.45, 2.75) is 39.2 Å². The molecule has 29 heavy (non-hydrogen) atoms. The summed E-state index contributed by atoms with van der Waals surface area (Å²) in [6.07, 6.45) is -0.686. The number of fused-ring (bicyclic) bond motifs is 1. The number of hydrogen-bond donors (Lipinski definition) is 1. The molecule has 0 bridgehead atoms. The molecule has 3 rings (SSSR count). The zero-order valence-electron chi connectivity index (χ0n) is 16.8. The SMILES string of the molecule is C[C@H](CN1C(=O)c2cc(Br)cc(NC(=O)OC(C)(C)C)c2C1=O)c1ccccc1. The molecule has 6 nitrogen and oxygen atoms in total. The Kier molecular flexibility index (Phi) is 5.80. The van der Waals surface area contributed by atoms with Crippen molar-refractivity contribution in [3.63, 3.8) is 0 Å². The van der Waals surface area contributed by atoms with E-state index in [0.717, 1.165) is 5.56 Å². The fourth-order valence-corrected chi connectivity index (χ4v) is 3.68. The maximum absolute atomic E-state index is 13.1. The Labute approximate surface area is 178 Å². The average Bonchev–Trinajstić information content (AvgIpc) is 2.85. The van der Waals surface area contributed by atoms with Crippen LogP contribution < -0.4 is 5.32 Å². The fraction of sp³-hybridized carbons (Fsp3) is 0.318. The topological polar surface area (TPSA) is 75.7 Å². The molecule has 1 atom stereocenters. The Morgan fingerprint density at radius 1 is 1.14 bits per heavy atom. The van der Waals surface area contributed by atoms with E-state index >= 15 is 0 Å². The molecule has 3 amide bonds. The predicted octanol–water partition coefficient (Wildman–Crippen LogP) is 5.20. The van der Waals surface area contributed by atoms with Crippen LogP contribution in [0.2, 0.25) is 0 Å². The number of imide groups is 1. The van der Waals surface area contributed by atoms with Crippen molar-refractivity contribution in [2.75, 3.05) is 11.9 Å². The van der Waals surface area contributed by atoms with Crippen molar-refractivity contribution in [3.8, 4) is 0 Å². The number of carbonyl (C=O) groups excluding carboxylic acids is 3. The van der Waals surface area contributed by atoms with Crippen molar-refractivity contribution >= 4 is 39.5 Å². The van der Waals surface area contributed by atoms with Gasteiger partial charge in [-0.25, -0.2) is 4.79 Å². The first-order chi connectivity index (χ1) is 13.6. The molecule has 152 valence electrons. The van der Waals surface area contributed by atoms with Gasteiger partial charge >= 0.3 is 6.09 Å². The number of carbonyl (C=O) groups is 3. The third kappa shape index (κ3) is 4.67. The van der Waals surface area contributed by atoms with Gasteiger partial charge in [-0.2, -0.15) is 0 Å². The molecular formula is C22H23BrN2O4. The summed E-state index contributed by atoms with van der Waals surface area (Å²) in [5.41, 5.74) is 1.05. The zero-order chi connectivity index (χ0) is 21.3. The lowest BCUT2D eigenvalue weighted by molar-refractivity contribution is 0.0632. The normalized spacial score (nSPS) is 14.6. The van der Waals surface area contributed by atoms with Crippen LogP contribution in [0.5, 0.6) is 0 Å². The third-order valence-electron chi connectivity index (χ3n) is 4.50. The van der Waals surface area contributed by atoms with Gasteiger partial charge in [-0.15, -0.1) is 0 Å². The Hall–Kier alpha value is -2.67. The highest BCUT2D eigenvalue weighted by Crippen LogP contribution is 2.34. The van der Waals surface area contributed by atoms with E-state index in [-0.39, 0.29) is 35.2 Å². The summed E-state index contributed by atoms with van der Waals surface area (Å²) < 4.78 is 5.86. The van der Waals surface area contributed by atoms with Gasteiger partial charge in [0.2, 0.25) is 0 Å². The third-order valence-corrected chi connectivity index (χ3v) is 4.96. The molecule has 0 fully saturated rings. The van der Waals surface area contributed by atoms with Crippen molar-refractivity contribution in [2.24, 2.45) is 0 Å². The summed E-state index contributed by atoms with van der Waals surface area (Å²) in [7, 11) is 0. The summed E-state index contributed by atoms with van der Waals surface area (Å²) in [5.74, 6) is -0.822. The summed E-state index contributed by atoms with van der Waals surface area (Å²) in [6, 6.07) is 12.9. The van der Waals surface area contributed by atoms with Crippen LogP contribution in [0.4, 0.5) is 10.5 Å². The van der Waals surface area contributed by atoms with E-state index in [4.69, 9.17) is 4.74 Å². The Balaban J connectivity index is 1.88. The molecule has 0 unspecified atom stereocenters. The molecule has 7 heteroatoms. The molecule has 2 aromatic carbocycles. The lowest BCUT2D eigenvalue weighted by atomic mass is 10.0. The zero-order valence-corrected chi connectivity index (χ0v) is 18.4. The van der Waals surface area contributed by atoms with Gasteiger partial charge in [-0.3, -0.25) is 19.8 Å². The molecule has 1 heterocycles. The van der Waals surface area contributed by atoms with Crippen LogP contribution >= 0.6 is 15.9 Å². The first kappa shape index (κ1) is 21.0. The second-order valence-electron chi connectivity index (χ2n) is 8.04. The average molecular weight is 459 g/mol. The number of nitrogens with one attached hydrogen (secondary N) is 1. The summed E-state index contributed by atoms with van der Waals surface area (Å²) >= 11 is 3.35. The minimum atomic E-state index is -0.686. The van der Waals surface area contributed by atoms with Gasteiger partial charge < -0.3 is 4.74 Å². The van der Waals surface area contributed by atoms with Crippen molar-refractivity contribution in [3.05, 3.63) is 63.6 Å². The van der Waals surface area contributed by atoms with Crippen LogP contribution in [0.1, 0.15) is 59.9 Å². The minimum absolute atomic E-state index is 0.0240. The standard InChI is InChI=1S/C22H23BrN2O4/c1-13(14-8-6-5-7-9-14)12-25-19(26)16-10-15(23)11-17(18(16)20(25)27)24-21(28)29-22(2,3)4/h5-11,13H,12H2,1-4H3,(H,24,28)/t13-/m1/s1. The highest BCUT2D eigenvalue weighted by atomic mass is 79.9. The maximum Gasteiger partial charge on any atom is 0.412 e. The Morgan fingerprint density at radius 3 is 2.41 bits per heavy atom. The van der Waals surface area contributed by atoms with Crippen LogP contribution in [0.25, 0.3) is 0 Å². The number of halogens is 1. The van der Waals surface area contributed by atoms with Gasteiger partial charge in [0, 0.05) is 11.0 Å². The van der Waals surface area contributed by atoms with Gasteiger partial charge in [0.05, 0.1) is 16.8 Å². The summed E-state index contributed by atoms with van der Waals surface area (Å²) in [4.78, 5) is 39.4. The molecule has 0 spiro atoms. The van der Waals surface area contributed by atoms with E-state index in [0.29, 0.717) is 4.47 Å². The van der Waals surface area contributed by atoms with Gasteiger partial charge in [0.25, 0.3) is 11.8 Å². The molecule has 1 aliphatic heterocycles. The first-order valence-corrected chi connectivity index (χ1v) is 10.1. The highest BCUT2D eigenvalue weighted by Gasteiger charge is 2.39. The smallest absolute Gasteiger partial charge is 0.412 e. The monoisotopic (exact) mass is 458 g/mol. The van der Waals surface area contributed by atoms with E-state index in [1.54, 1.807) is 32.9 Å². The van der Waals surface area contributed by atoms with Crippen LogP contribution in [-0.2, 0) is 4.74 Å². The Morgan fingerprint density at radius 2 is 1.79 bits per heavy atom. The van der Waals surface area contributed by atoms with E-state index in [1.807, 2.05) is 37.3 Å². The summed E-state index contributed by atoms with van der Waals surface area (Å²) in [6.45, 7) is 7.46. The highest BCUT2D eigenvalue weighted by molar-refractivity contribution is 9.10. The predicted molar refractivity (Wildman–Crippen MR) is 114 cm³/mol. The van der Waals surface area contributed by atoms with Crippen LogP contribution in [0, 0.1) is 0 Å². The molecule has 1 aliphatic rings. The fourth-order valence-electron chi connectivity index (χ4n) is 3.22. The van der Waals surface area contributed by atoms with Crippen LogP contribution in [-0.4, -0.2) is 35.0 Å². The lowest BCUT2D eigenvalue weighted by Gasteiger charge is -2.21. The van der Waals surface area contributed by atoms with Crippen LogP contribution in [0.3, 0.4) is 0 Å². The number of nitrogens with zero attached hydrogens (tertiary/aromatic N) is 1. The molecular weight excluding hydrogens is 436 g/mol. The molecule has 2 aromatic rings. The van der Waals surface area contributed by atoms with Crippen LogP contribution in [0.15, 0.2) is 46.9 Å². The van der Waals surface area contributed by atoms with E-state index in [9.17, 15) is 14.4 Å². The number of ether oxygens (including phenoxy) is 1. The molecule has 0 aliphatic carbocycles. The van der Waals surface area contributed by atoms with Gasteiger partial charge in [0.15, 0.2) is 0 Å².